The van der Waals surface area contributed by atoms with Crippen LogP contribution in [0, 0.1) is 0 Å². The molecular weight excluding hydrogens is 296 g/mol. The van der Waals surface area contributed by atoms with Crippen molar-refractivity contribution in [3.8, 4) is 0 Å². The maximum absolute atomic E-state index is 12.2. The lowest BCUT2D eigenvalue weighted by molar-refractivity contribution is -0.111. The van der Waals surface area contributed by atoms with Gasteiger partial charge in [-0.25, -0.2) is 0 Å². The Morgan fingerprint density at radius 2 is 1.79 bits per heavy atom. The van der Waals surface area contributed by atoms with Crippen molar-refractivity contribution in [1.82, 2.24) is 4.98 Å². The molecule has 3 rings (SSSR count). The van der Waals surface area contributed by atoms with E-state index in [1.807, 2.05) is 48.7 Å². The number of carbonyl (C=O) groups excluding carboxylic acids is 1. The predicted molar refractivity (Wildman–Crippen MR) is 101 cm³/mol. The number of nitrogens with one attached hydrogen (secondary N) is 2. The normalized spacial score (nSPS) is 12.0. The molecule has 1 aromatic heterocycles. The predicted octanol–water partition coefficient (Wildman–Crippen LogP) is 5.12. The molecule has 0 aliphatic heterocycles. The van der Waals surface area contributed by atoms with Crippen LogP contribution in [0.3, 0.4) is 0 Å². The number of hydrogen-bond donors (Lipinski definition) is 2. The Hall–Kier alpha value is -2.81. The fraction of sp³-hybridized carbons (Fsp3) is 0.190. The van der Waals surface area contributed by atoms with Gasteiger partial charge in [0.2, 0.25) is 5.91 Å². The second-order valence-corrected chi connectivity index (χ2v) is 6.94. The van der Waals surface area contributed by atoms with Gasteiger partial charge in [-0.1, -0.05) is 51.1 Å². The summed E-state index contributed by atoms with van der Waals surface area (Å²) in [5, 5.41) is 3.94. The van der Waals surface area contributed by atoms with Crippen molar-refractivity contribution in [2.45, 2.75) is 26.2 Å². The standard InChI is InChI=1S/C21H22N2O/c1-21(2,3)16-10-7-15(8-11-16)9-12-20(24)23-19-6-4-5-18-17(19)13-14-22-18/h4-14,22H,1-3H3,(H,23,24)/b12-9+. The minimum Gasteiger partial charge on any atom is -0.361 e. The highest BCUT2D eigenvalue weighted by Gasteiger charge is 2.12. The van der Waals surface area contributed by atoms with Crippen molar-refractivity contribution < 1.29 is 4.79 Å². The molecule has 1 amide bonds. The molecule has 3 nitrogen and oxygen atoms in total. The summed E-state index contributed by atoms with van der Waals surface area (Å²) >= 11 is 0. The number of rotatable bonds is 3. The number of amides is 1. The lowest BCUT2D eigenvalue weighted by Crippen LogP contribution is -2.10. The van der Waals surface area contributed by atoms with Gasteiger partial charge in [-0.3, -0.25) is 4.79 Å². The topological polar surface area (TPSA) is 44.9 Å². The Morgan fingerprint density at radius 1 is 1.04 bits per heavy atom. The average Bonchev–Trinajstić information content (AvgIpc) is 3.02. The van der Waals surface area contributed by atoms with Crippen molar-refractivity contribution in [1.29, 1.82) is 0 Å². The van der Waals surface area contributed by atoms with Crippen LogP contribution in [0.5, 0.6) is 0 Å². The van der Waals surface area contributed by atoms with Crippen LogP contribution in [-0.4, -0.2) is 10.9 Å². The minimum absolute atomic E-state index is 0.134. The van der Waals surface area contributed by atoms with Gasteiger partial charge in [0.1, 0.15) is 0 Å². The quantitative estimate of drug-likeness (QED) is 0.647. The number of anilines is 1. The molecule has 0 saturated heterocycles. The second-order valence-electron chi connectivity index (χ2n) is 6.94. The van der Waals surface area contributed by atoms with Crippen LogP contribution in [0.15, 0.2) is 60.8 Å². The van der Waals surface area contributed by atoms with Crippen molar-refractivity contribution >= 4 is 28.6 Å². The maximum atomic E-state index is 12.2. The molecule has 3 aromatic rings. The molecule has 0 aliphatic rings. The molecular formula is C21H22N2O. The second kappa shape index (κ2) is 6.36. The number of carbonyl (C=O) groups is 1. The van der Waals surface area contributed by atoms with Gasteiger partial charge in [-0.05, 0) is 40.8 Å². The van der Waals surface area contributed by atoms with Gasteiger partial charge in [0.15, 0.2) is 0 Å². The third-order valence-corrected chi connectivity index (χ3v) is 4.06. The zero-order valence-corrected chi connectivity index (χ0v) is 14.3. The largest absolute Gasteiger partial charge is 0.361 e. The van der Waals surface area contributed by atoms with Gasteiger partial charge in [-0.2, -0.15) is 0 Å². The summed E-state index contributed by atoms with van der Waals surface area (Å²) in [6, 6.07) is 16.1. The molecule has 2 N–H and O–H groups in total. The van der Waals surface area contributed by atoms with E-state index in [4.69, 9.17) is 0 Å². The first kappa shape index (κ1) is 16.1. The fourth-order valence-corrected chi connectivity index (χ4v) is 2.63. The zero-order valence-electron chi connectivity index (χ0n) is 14.3. The Kier molecular flexibility index (Phi) is 4.26. The number of aromatic amines is 1. The van der Waals surface area contributed by atoms with Gasteiger partial charge < -0.3 is 10.3 Å². The molecule has 0 bridgehead atoms. The molecule has 2 aromatic carbocycles. The van der Waals surface area contributed by atoms with Gasteiger partial charge >= 0.3 is 0 Å². The van der Waals surface area contributed by atoms with Gasteiger partial charge in [-0.15, -0.1) is 0 Å². The van der Waals surface area contributed by atoms with Crippen molar-refractivity contribution in [2.24, 2.45) is 0 Å². The molecule has 0 saturated carbocycles. The van der Waals surface area contributed by atoms with E-state index in [9.17, 15) is 4.79 Å². The van der Waals surface area contributed by atoms with Crippen LogP contribution in [0.1, 0.15) is 31.9 Å². The lowest BCUT2D eigenvalue weighted by atomic mass is 9.87. The molecule has 122 valence electrons. The van der Waals surface area contributed by atoms with Crippen LogP contribution in [0.2, 0.25) is 0 Å². The Labute approximate surface area is 142 Å². The van der Waals surface area contributed by atoms with E-state index in [1.54, 1.807) is 6.08 Å². The van der Waals surface area contributed by atoms with Crippen LogP contribution in [-0.2, 0) is 10.2 Å². The SMILES string of the molecule is CC(C)(C)c1ccc(/C=C/C(=O)Nc2cccc3[nH]ccc23)cc1. The molecule has 0 atom stereocenters. The minimum atomic E-state index is -0.136. The Bertz CT molecular complexity index is 880. The first-order chi connectivity index (χ1) is 11.4. The lowest BCUT2D eigenvalue weighted by Gasteiger charge is -2.18. The summed E-state index contributed by atoms with van der Waals surface area (Å²) in [5.74, 6) is -0.136. The highest BCUT2D eigenvalue weighted by molar-refractivity contribution is 6.07. The van der Waals surface area contributed by atoms with E-state index in [1.165, 1.54) is 5.56 Å². The van der Waals surface area contributed by atoms with E-state index in [0.29, 0.717) is 0 Å². The third-order valence-electron chi connectivity index (χ3n) is 4.06. The smallest absolute Gasteiger partial charge is 0.248 e. The number of benzene rings is 2. The Morgan fingerprint density at radius 3 is 2.50 bits per heavy atom. The monoisotopic (exact) mass is 318 g/mol. The Balaban J connectivity index is 1.70. The van der Waals surface area contributed by atoms with E-state index in [0.717, 1.165) is 22.2 Å². The molecule has 0 aliphatic carbocycles. The van der Waals surface area contributed by atoms with E-state index < -0.39 is 0 Å². The summed E-state index contributed by atoms with van der Waals surface area (Å²) in [5.41, 5.74) is 4.25. The number of hydrogen-bond acceptors (Lipinski definition) is 1. The summed E-state index contributed by atoms with van der Waals surface area (Å²) < 4.78 is 0. The highest BCUT2D eigenvalue weighted by atomic mass is 16.1. The van der Waals surface area contributed by atoms with Crippen molar-refractivity contribution in [3.63, 3.8) is 0 Å². The van der Waals surface area contributed by atoms with E-state index >= 15 is 0 Å². The molecule has 0 fully saturated rings. The summed E-state index contributed by atoms with van der Waals surface area (Å²) in [7, 11) is 0. The zero-order chi connectivity index (χ0) is 17.2. The fourth-order valence-electron chi connectivity index (χ4n) is 2.63. The van der Waals surface area contributed by atoms with Gasteiger partial charge in [0.05, 0.1) is 5.69 Å². The van der Waals surface area contributed by atoms with Crippen LogP contribution in [0.4, 0.5) is 5.69 Å². The summed E-state index contributed by atoms with van der Waals surface area (Å²) in [6.45, 7) is 6.56. The van der Waals surface area contributed by atoms with E-state index in [2.05, 4.69) is 43.2 Å². The molecule has 0 spiro atoms. The maximum Gasteiger partial charge on any atom is 0.248 e. The highest BCUT2D eigenvalue weighted by Crippen LogP contribution is 2.23. The van der Waals surface area contributed by atoms with Crippen LogP contribution < -0.4 is 5.32 Å². The van der Waals surface area contributed by atoms with Gasteiger partial charge in [0.25, 0.3) is 0 Å². The van der Waals surface area contributed by atoms with Crippen molar-refractivity contribution in [3.05, 3.63) is 71.9 Å². The molecule has 3 heteroatoms. The van der Waals surface area contributed by atoms with Crippen LogP contribution in [0.25, 0.3) is 17.0 Å². The molecule has 0 radical (unpaired) electrons. The first-order valence-electron chi connectivity index (χ1n) is 8.09. The molecule has 0 unspecified atom stereocenters. The first-order valence-corrected chi connectivity index (χ1v) is 8.09. The number of fused-ring (bicyclic) bond motifs is 1. The van der Waals surface area contributed by atoms with E-state index in [-0.39, 0.29) is 11.3 Å². The average molecular weight is 318 g/mol. The van der Waals surface area contributed by atoms with Gasteiger partial charge in [0, 0.05) is 23.2 Å². The number of aromatic nitrogens is 1. The molecule has 1 heterocycles. The molecule has 24 heavy (non-hydrogen) atoms. The van der Waals surface area contributed by atoms with Crippen LogP contribution >= 0.6 is 0 Å². The number of H-pyrrole nitrogens is 1. The van der Waals surface area contributed by atoms with Crippen molar-refractivity contribution in [2.75, 3.05) is 5.32 Å². The summed E-state index contributed by atoms with van der Waals surface area (Å²) in [6.07, 6.45) is 5.27. The third kappa shape index (κ3) is 3.57. The summed E-state index contributed by atoms with van der Waals surface area (Å²) in [4.78, 5) is 15.3.